The summed E-state index contributed by atoms with van der Waals surface area (Å²) in [6.45, 7) is 2.38. The number of benzene rings is 1. The molecule has 4 rings (SSSR count). The smallest absolute Gasteiger partial charge is 0.380 e. The second-order valence-corrected chi connectivity index (χ2v) is 9.85. The molecule has 3 aliphatic carbocycles. The van der Waals surface area contributed by atoms with Crippen molar-refractivity contribution >= 4 is 10.3 Å². The van der Waals surface area contributed by atoms with Gasteiger partial charge in [0.15, 0.2) is 11.5 Å². The van der Waals surface area contributed by atoms with Crippen LogP contribution in [0.2, 0.25) is 0 Å². The SMILES string of the molecule is CC[C@@]12CCCC[C@H]1[C@@H]1CCc3cc(OS(N)(=O)=O)c(OC)cc3[C@H]1CC2. The molecule has 0 heterocycles. The first-order chi connectivity index (χ1) is 12.9. The third-order valence-corrected chi connectivity index (χ3v) is 8.11. The summed E-state index contributed by atoms with van der Waals surface area (Å²) in [6.07, 6.45) is 11.5. The van der Waals surface area contributed by atoms with Crippen LogP contribution in [0.4, 0.5) is 0 Å². The Morgan fingerprint density at radius 1 is 1.15 bits per heavy atom. The highest BCUT2D eigenvalue weighted by Crippen LogP contribution is 2.61. The molecule has 2 saturated carbocycles. The fraction of sp³-hybridized carbons (Fsp3) is 0.714. The van der Waals surface area contributed by atoms with Crippen LogP contribution in [0.25, 0.3) is 0 Å². The molecular weight excluding hydrogens is 362 g/mol. The molecule has 1 aromatic rings. The molecule has 150 valence electrons. The Kier molecular flexibility index (Phi) is 4.91. The number of rotatable bonds is 4. The summed E-state index contributed by atoms with van der Waals surface area (Å²) >= 11 is 0. The Hall–Kier alpha value is -1.27. The summed E-state index contributed by atoms with van der Waals surface area (Å²) < 4.78 is 33.2. The van der Waals surface area contributed by atoms with Crippen molar-refractivity contribution in [2.75, 3.05) is 7.11 Å². The van der Waals surface area contributed by atoms with E-state index in [1.165, 1.54) is 62.5 Å². The van der Waals surface area contributed by atoms with Crippen LogP contribution in [0.1, 0.15) is 75.3 Å². The molecule has 3 aliphatic rings. The second kappa shape index (κ2) is 6.96. The van der Waals surface area contributed by atoms with Crippen molar-refractivity contribution in [1.82, 2.24) is 0 Å². The minimum Gasteiger partial charge on any atom is -0.493 e. The third kappa shape index (κ3) is 3.35. The Balaban J connectivity index is 1.70. The van der Waals surface area contributed by atoms with Crippen LogP contribution in [-0.4, -0.2) is 15.5 Å². The van der Waals surface area contributed by atoms with E-state index in [-0.39, 0.29) is 5.75 Å². The molecule has 0 aromatic heterocycles. The van der Waals surface area contributed by atoms with Gasteiger partial charge in [-0.15, -0.1) is 0 Å². The van der Waals surface area contributed by atoms with E-state index in [4.69, 9.17) is 14.1 Å². The second-order valence-electron chi connectivity index (χ2n) is 8.69. The van der Waals surface area contributed by atoms with Gasteiger partial charge in [0.1, 0.15) is 0 Å². The highest BCUT2D eigenvalue weighted by molar-refractivity contribution is 7.84. The average molecular weight is 394 g/mol. The summed E-state index contributed by atoms with van der Waals surface area (Å²) in [5.74, 6) is 2.78. The predicted molar refractivity (Wildman–Crippen MR) is 105 cm³/mol. The van der Waals surface area contributed by atoms with E-state index in [1.54, 1.807) is 7.11 Å². The summed E-state index contributed by atoms with van der Waals surface area (Å²) in [6, 6.07) is 3.84. The van der Waals surface area contributed by atoms with Crippen molar-refractivity contribution in [1.29, 1.82) is 0 Å². The maximum atomic E-state index is 11.4. The zero-order valence-electron chi connectivity index (χ0n) is 16.4. The van der Waals surface area contributed by atoms with Gasteiger partial charge in [0, 0.05) is 0 Å². The van der Waals surface area contributed by atoms with Gasteiger partial charge in [-0.1, -0.05) is 26.2 Å². The quantitative estimate of drug-likeness (QED) is 0.827. The van der Waals surface area contributed by atoms with Gasteiger partial charge in [-0.05, 0) is 85.0 Å². The van der Waals surface area contributed by atoms with Crippen molar-refractivity contribution in [3.63, 3.8) is 0 Å². The molecule has 2 fully saturated rings. The van der Waals surface area contributed by atoms with Crippen molar-refractivity contribution in [3.05, 3.63) is 23.3 Å². The number of fused-ring (bicyclic) bond motifs is 5. The fourth-order valence-corrected chi connectivity index (χ4v) is 6.89. The molecule has 4 atom stereocenters. The maximum Gasteiger partial charge on any atom is 0.380 e. The van der Waals surface area contributed by atoms with Crippen molar-refractivity contribution < 1.29 is 17.3 Å². The zero-order chi connectivity index (χ0) is 19.2. The largest absolute Gasteiger partial charge is 0.493 e. The first-order valence-corrected chi connectivity index (χ1v) is 11.8. The lowest BCUT2D eigenvalue weighted by Crippen LogP contribution is -2.45. The van der Waals surface area contributed by atoms with Crippen LogP contribution >= 0.6 is 0 Å². The highest BCUT2D eigenvalue weighted by atomic mass is 32.2. The van der Waals surface area contributed by atoms with Crippen LogP contribution in [0.5, 0.6) is 11.5 Å². The Bertz CT molecular complexity index is 822. The zero-order valence-corrected chi connectivity index (χ0v) is 17.2. The van der Waals surface area contributed by atoms with Gasteiger partial charge in [-0.25, -0.2) is 0 Å². The summed E-state index contributed by atoms with van der Waals surface area (Å²) in [7, 11) is -2.52. The van der Waals surface area contributed by atoms with E-state index in [9.17, 15) is 8.42 Å². The molecule has 6 heteroatoms. The van der Waals surface area contributed by atoms with Crippen molar-refractivity contribution in [2.24, 2.45) is 22.4 Å². The van der Waals surface area contributed by atoms with Gasteiger partial charge in [-0.2, -0.15) is 13.6 Å². The van der Waals surface area contributed by atoms with E-state index >= 15 is 0 Å². The fourth-order valence-electron chi connectivity index (χ4n) is 6.50. The molecule has 0 unspecified atom stereocenters. The normalized spacial score (nSPS) is 32.8. The molecule has 0 spiro atoms. The summed E-state index contributed by atoms with van der Waals surface area (Å²) in [5, 5.41) is 5.07. The third-order valence-electron chi connectivity index (χ3n) is 7.70. The molecule has 2 N–H and O–H groups in total. The van der Waals surface area contributed by atoms with Gasteiger partial charge in [0.05, 0.1) is 7.11 Å². The van der Waals surface area contributed by atoms with Crippen LogP contribution in [0.3, 0.4) is 0 Å². The van der Waals surface area contributed by atoms with Crippen LogP contribution in [-0.2, 0) is 16.7 Å². The number of hydrogen-bond donors (Lipinski definition) is 1. The van der Waals surface area contributed by atoms with E-state index in [1.807, 2.05) is 12.1 Å². The lowest BCUT2D eigenvalue weighted by Gasteiger charge is -2.55. The van der Waals surface area contributed by atoms with Crippen LogP contribution < -0.4 is 14.1 Å². The number of aryl methyl sites for hydroxylation is 1. The lowest BCUT2D eigenvalue weighted by atomic mass is 9.49. The highest BCUT2D eigenvalue weighted by Gasteiger charge is 2.50. The molecular formula is C21H31NO4S. The van der Waals surface area contributed by atoms with Gasteiger partial charge in [0.25, 0.3) is 0 Å². The molecule has 1 aromatic carbocycles. The van der Waals surface area contributed by atoms with Gasteiger partial charge in [0.2, 0.25) is 0 Å². The van der Waals surface area contributed by atoms with Gasteiger partial charge < -0.3 is 8.92 Å². The molecule has 5 nitrogen and oxygen atoms in total. The number of methoxy groups -OCH3 is 1. The van der Waals surface area contributed by atoms with Gasteiger partial charge in [-0.3, -0.25) is 0 Å². The van der Waals surface area contributed by atoms with E-state index in [0.29, 0.717) is 17.1 Å². The summed E-state index contributed by atoms with van der Waals surface area (Å²) in [4.78, 5) is 0. The van der Waals surface area contributed by atoms with Crippen LogP contribution in [0, 0.1) is 17.3 Å². The van der Waals surface area contributed by atoms with Crippen molar-refractivity contribution in [3.8, 4) is 11.5 Å². The Morgan fingerprint density at radius 2 is 1.96 bits per heavy atom. The minimum atomic E-state index is -4.07. The first-order valence-electron chi connectivity index (χ1n) is 10.3. The number of nitrogens with two attached hydrogens (primary N) is 1. The predicted octanol–water partition coefficient (Wildman–Crippen LogP) is 4.30. The Morgan fingerprint density at radius 3 is 2.67 bits per heavy atom. The van der Waals surface area contributed by atoms with E-state index in [2.05, 4.69) is 6.92 Å². The molecule has 27 heavy (non-hydrogen) atoms. The van der Waals surface area contributed by atoms with E-state index in [0.717, 1.165) is 18.3 Å². The molecule has 0 bridgehead atoms. The number of hydrogen-bond acceptors (Lipinski definition) is 4. The average Bonchev–Trinajstić information content (AvgIpc) is 2.65. The van der Waals surface area contributed by atoms with Crippen molar-refractivity contribution in [2.45, 2.75) is 70.6 Å². The first kappa shape index (κ1) is 19.1. The topological polar surface area (TPSA) is 78.6 Å². The Labute approximate surface area is 162 Å². The van der Waals surface area contributed by atoms with E-state index < -0.39 is 10.3 Å². The van der Waals surface area contributed by atoms with Crippen LogP contribution in [0.15, 0.2) is 12.1 Å². The molecule has 0 amide bonds. The number of ether oxygens (including phenoxy) is 1. The summed E-state index contributed by atoms with van der Waals surface area (Å²) in [5.41, 5.74) is 3.08. The maximum absolute atomic E-state index is 11.4. The lowest BCUT2D eigenvalue weighted by molar-refractivity contribution is -0.0215. The minimum absolute atomic E-state index is 0.202. The molecule has 0 radical (unpaired) electrons. The van der Waals surface area contributed by atoms with Gasteiger partial charge >= 0.3 is 10.3 Å². The molecule has 0 saturated heterocycles. The molecule has 0 aliphatic heterocycles. The standard InChI is InChI=1S/C21H31NO4S/c1-3-21-10-5-4-6-18(21)16-8-7-14-12-20(26-27(22,23)24)19(25-2)13-17(14)15(16)9-11-21/h12-13,15-16,18H,3-11H2,1-2H3,(H2,22,23,24)/t15-,16+,18-,21-/m0/s1. The monoisotopic (exact) mass is 393 g/mol.